The van der Waals surface area contributed by atoms with Crippen LogP contribution in [0.5, 0.6) is 17.2 Å². The molecule has 158 valence electrons. The number of nitrogens with zero attached hydrogens (tertiary/aromatic N) is 1. The first-order valence-electron chi connectivity index (χ1n) is 9.99. The van der Waals surface area contributed by atoms with E-state index in [4.69, 9.17) is 23.6 Å². The zero-order valence-corrected chi connectivity index (χ0v) is 18.4. The highest BCUT2D eigenvalue weighted by molar-refractivity contribution is 5.80. The maximum Gasteiger partial charge on any atom is 0.161 e. The number of rotatable bonds is 5. The molecule has 3 aromatic carbocycles. The van der Waals surface area contributed by atoms with Crippen LogP contribution >= 0.6 is 0 Å². The van der Waals surface area contributed by atoms with Crippen LogP contribution in [0.2, 0.25) is 0 Å². The molecule has 0 bridgehead atoms. The smallest absolute Gasteiger partial charge is 0.161 e. The normalized spacial score (nSPS) is 11.6. The predicted octanol–water partition coefficient (Wildman–Crippen LogP) is 5.97. The van der Waals surface area contributed by atoms with Gasteiger partial charge in [0.1, 0.15) is 17.1 Å². The van der Waals surface area contributed by atoms with Gasteiger partial charge in [0.15, 0.2) is 11.5 Å². The fraction of sp³-hybridized carbons (Fsp3) is 0.192. The van der Waals surface area contributed by atoms with Crippen molar-refractivity contribution in [2.45, 2.75) is 13.8 Å². The maximum atomic E-state index is 6.25. The van der Waals surface area contributed by atoms with Crippen LogP contribution in [-0.2, 0) is 0 Å². The number of ether oxygens (including phenoxy) is 3. The molecule has 1 aromatic heterocycles. The molecule has 0 spiro atoms. The lowest BCUT2D eigenvalue weighted by molar-refractivity contribution is 0.355. The molecular formula is C26H25NO4. The van der Waals surface area contributed by atoms with Crippen molar-refractivity contribution in [3.8, 4) is 28.6 Å². The van der Waals surface area contributed by atoms with E-state index in [1.54, 1.807) is 21.3 Å². The van der Waals surface area contributed by atoms with E-state index in [-0.39, 0.29) is 0 Å². The van der Waals surface area contributed by atoms with Crippen molar-refractivity contribution >= 4 is 16.7 Å². The Morgan fingerprint density at radius 1 is 0.742 bits per heavy atom. The van der Waals surface area contributed by atoms with Crippen molar-refractivity contribution in [2.24, 2.45) is 4.99 Å². The third-order valence-electron chi connectivity index (χ3n) is 5.29. The lowest BCUT2D eigenvalue weighted by atomic mass is 10.1. The van der Waals surface area contributed by atoms with Gasteiger partial charge in [0.25, 0.3) is 0 Å². The van der Waals surface area contributed by atoms with Gasteiger partial charge in [-0.1, -0.05) is 18.2 Å². The lowest BCUT2D eigenvalue weighted by Gasteiger charge is -2.11. The van der Waals surface area contributed by atoms with E-state index in [9.17, 15) is 0 Å². The quantitative estimate of drug-likeness (QED) is 0.403. The van der Waals surface area contributed by atoms with E-state index in [1.807, 2.05) is 48.5 Å². The number of aryl methyl sites for hydroxylation is 2. The number of hydrogen-bond donors (Lipinski definition) is 0. The minimum atomic E-state index is 0.637. The fourth-order valence-electron chi connectivity index (χ4n) is 3.60. The standard InChI is InChI=1S/C26H25NO4/c1-16-7-6-8-17(2)26(16)27-21-15-24(18-9-11-23(29-4)25(13-18)30-5)31-22-12-10-19(28-3)14-20(21)22/h6-15H,1-5H3. The highest BCUT2D eigenvalue weighted by atomic mass is 16.5. The first kappa shape index (κ1) is 20.5. The van der Waals surface area contributed by atoms with Crippen molar-refractivity contribution in [3.63, 3.8) is 0 Å². The summed E-state index contributed by atoms with van der Waals surface area (Å²) >= 11 is 0. The maximum absolute atomic E-state index is 6.25. The molecule has 0 aliphatic heterocycles. The number of hydrogen-bond acceptors (Lipinski definition) is 5. The van der Waals surface area contributed by atoms with Crippen LogP contribution in [-0.4, -0.2) is 21.3 Å². The first-order valence-corrected chi connectivity index (χ1v) is 9.99. The third kappa shape index (κ3) is 3.99. The molecule has 5 heteroatoms. The molecule has 0 aliphatic rings. The summed E-state index contributed by atoms with van der Waals surface area (Å²) in [7, 11) is 4.89. The Morgan fingerprint density at radius 2 is 1.48 bits per heavy atom. The lowest BCUT2D eigenvalue weighted by Crippen LogP contribution is -2.04. The summed E-state index contributed by atoms with van der Waals surface area (Å²) < 4.78 is 22.5. The molecule has 4 rings (SSSR count). The minimum Gasteiger partial charge on any atom is -0.497 e. The molecule has 0 radical (unpaired) electrons. The van der Waals surface area contributed by atoms with E-state index in [2.05, 4.69) is 26.0 Å². The Balaban J connectivity index is 2.01. The molecular weight excluding hydrogens is 390 g/mol. The average molecular weight is 415 g/mol. The summed E-state index contributed by atoms with van der Waals surface area (Å²) in [6, 6.07) is 19.6. The summed E-state index contributed by atoms with van der Waals surface area (Å²) in [5, 5.41) is 1.69. The van der Waals surface area contributed by atoms with Gasteiger partial charge in [-0.25, -0.2) is 4.99 Å². The molecule has 31 heavy (non-hydrogen) atoms. The topological polar surface area (TPSA) is 53.2 Å². The van der Waals surface area contributed by atoms with Crippen LogP contribution < -0.4 is 19.6 Å². The predicted molar refractivity (Wildman–Crippen MR) is 122 cm³/mol. The van der Waals surface area contributed by atoms with Crippen LogP contribution in [0.25, 0.3) is 22.3 Å². The van der Waals surface area contributed by atoms with Gasteiger partial charge in [0, 0.05) is 17.0 Å². The molecule has 0 unspecified atom stereocenters. The Hall–Kier alpha value is -3.73. The van der Waals surface area contributed by atoms with Gasteiger partial charge >= 0.3 is 0 Å². The summed E-state index contributed by atoms with van der Waals surface area (Å²) in [5.74, 6) is 2.73. The molecule has 0 aliphatic carbocycles. The highest BCUT2D eigenvalue weighted by Crippen LogP contribution is 2.33. The Kier molecular flexibility index (Phi) is 5.67. The fourth-order valence-corrected chi connectivity index (χ4v) is 3.60. The molecule has 0 saturated carbocycles. The van der Waals surface area contributed by atoms with E-state index >= 15 is 0 Å². The molecule has 0 N–H and O–H groups in total. The number of para-hydroxylation sites is 1. The molecule has 0 amide bonds. The van der Waals surface area contributed by atoms with Gasteiger partial charge in [-0.05, 0) is 61.4 Å². The first-order chi connectivity index (χ1) is 15.0. The second-order valence-electron chi connectivity index (χ2n) is 7.28. The van der Waals surface area contributed by atoms with Gasteiger partial charge in [0.05, 0.1) is 32.4 Å². The van der Waals surface area contributed by atoms with Crippen LogP contribution in [0.4, 0.5) is 5.69 Å². The second-order valence-corrected chi connectivity index (χ2v) is 7.28. The van der Waals surface area contributed by atoms with Crippen molar-refractivity contribution in [2.75, 3.05) is 21.3 Å². The molecule has 4 aromatic rings. The van der Waals surface area contributed by atoms with Crippen LogP contribution in [0, 0.1) is 13.8 Å². The number of methoxy groups -OCH3 is 3. The average Bonchev–Trinajstić information content (AvgIpc) is 2.80. The SMILES string of the molecule is COc1ccc2oc(-c3ccc(OC)c(OC)c3)cc(=Nc3c(C)cccc3C)c2c1. The van der Waals surface area contributed by atoms with Crippen molar-refractivity contribution in [3.05, 3.63) is 77.1 Å². The van der Waals surface area contributed by atoms with Crippen LogP contribution in [0.1, 0.15) is 11.1 Å². The van der Waals surface area contributed by atoms with Gasteiger partial charge in [-0.3, -0.25) is 0 Å². The van der Waals surface area contributed by atoms with Gasteiger partial charge in [0.2, 0.25) is 0 Å². The van der Waals surface area contributed by atoms with E-state index in [0.717, 1.165) is 44.5 Å². The highest BCUT2D eigenvalue weighted by Gasteiger charge is 2.12. The third-order valence-corrected chi connectivity index (χ3v) is 5.29. The molecule has 0 atom stereocenters. The Morgan fingerprint density at radius 3 is 2.16 bits per heavy atom. The number of fused-ring (bicyclic) bond motifs is 1. The summed E-state index contributed by atoms with van der Waals surface area (Å²) in [6.07, 6.45) is 0. The van der Waals surface area contributed by atoms with Crippen molar-refractivity contribution in [1.29, 1.82) is 0 Å². The monoisotopic (exact) mass is 415 g/mol. The van der Waals surface area contributed by atoms with Crippen LogP contribution in [0.3, 0.4) is 0 Å². The van der Waals surface area contributed by atoms with E-state index < -0.39 is 0 Å². The van der Waals surface area contributed by atoms with E-state index in [0.29, 0.717) is 17.3 Å². The van der Waals surface area contributed by atoms with E-state index in [1.165, 1.54) is 0 Å². The summed E-state index contributed by atoms with van der Waals surface area (Å²) in [6.45, 7) is 4.13. The van der Waals surface area contributed by atoms with Crippen molar-refractivity contribution in [1.82, 2.24) is 0 Å². The van der Waals surface area contributed by atoms with Gasteiger partial charge < -0.3 is 18.6 Å². The van der Waals surface area contributed by atoms with Crippen LogP contribution in [0.15, 0.2) is 70.1 Å². The minimum absolute atomic E-state index is 0.637. The zero-order valence-electron chi connectivity index (χ0n) is 18.4. The zero-order chi connectivity index (χ0) is 22.0. The second kappa shape index (κ2) is 8.56. The van der Waals surface area contributed by atoms with Crippen molar-refractivity contribution < 1.29 is 18.6 Å². The molecule has 0 saturated heterocycles. The summed E-state index contributed by atoms with van der Waals surface area (Å²) in [4.78, 5) is 5.03. The molecule has 1 heterocycles. The largest absolute Gasteiger partial charge is 0.497 e. The Labute approximate surface area is 181 Å². The number of benzene rings is 3. The molecule has 0 fully saturated rings. The molecule has 5 nitrogen and oxygen atoms in total. The Bertz CT molecular complexity index is 1300. The summed E-state index contributed by atoms with van der Waals surface area (Å²) in [5.41, 5.74) is 4.77. The van der Waals surface area contributed by atoms with Gasteiger partial charge in [-0.2, -0.15) is 0 Å². The van der Waals surface area contributed by atoms with Gasteiger partial charge in [-0.15, -0.1) is 0 Å².